The van der Waals surface area contributed by atoms with Crippen molar-refractivity contribution in [2.75, 3.05) is 7.11 Å². The Morgan fingerprint density at radius 3 is 2.82 bits per heavy atom. The Morgan fingerprint density at radius 1 is 1.18 bits per heavy atom. The van der Waals surface area contributed by atoms with E-state index in [0.717, 1.165) is 16.3 Å². The van der Waals surface area contributed by atoms with Crippen molar-refractivity contribution >= 4 is 21.7 Å². The van der Waals surface area contributed by atoms with Gasteiger partial charge in [0.05, 0.1) is 7.11 Å². The number of benzene rings is 1. The molecule has 0 fully saturated rings. The molecule has 0 aliphatic rings. The van der Waals surface area contributed by atoms with Crippen molar-refractivity contribution in [2.45, 2.75) is 0 Å². The highest BCUT2D eigenvalue weighted by Crippen LogP contribution is 2.25. The first kappa shape index (κ1) is 9.84. The molecule has 0 aliphatic heterocycles. The van der Waals surface area contributed by atoms with Crippen LogP contribution in [-0.4, -0.2) is 17.1 Å². The molecule has 0 unspecified atom stereocenters. The Balaban J connectivity index is 2.63. The Morgan fingerprint density at radius 2 is 2.00 bits per heavy atom. The topological polar surface area (TPSA) is 55.0 Å². The van der Waals surface area contributed by atoms with Crippen molar-refractivity contribution < 1.29 is 4.74 Å². The molecule has 84 valence electrons. The van der Waals surface area contributed by atoms with Gasteiger partial charge in [0, 0.05) is 22.5 Å². The number of hydrogen-bond donors (Lipinski definition) is 1. The predicted molar refractivity (Wildman–Crippen MR) is 66.4 cm³/mol. The molecule has 0 saturated carbocycles. The van der Waals surface area contributed by atoms with Gasteiger partial charge in [-0.2, -0.15) is 0 Å². The summed E-state index contributed by atoms with van der Waals surface area (Å²) in [6.07, 6.45) is 1.65. The quantitative estimate of drug-likeness (QED) is 0.646. The second kappa shape index (κ2) is 3.59. The van der Waals surface area contributed by atoms with Gasteiger partial charge in [0.15, 0.2) is 0 Å². The number of nitrogens with one attached hydrogen (secondary N) is 1. The number of pyridine rings is 2. The zero-order chi connectivity index (χ0) is 11.8. The van der Waals surface area contributed by atoms with Crippen LogP contribution in [0.1, 0.15) is 0 Å². The van der Waals surface area contributed by atoms with Crippen LogP contribution in [0.3, 0.4) is 0 Å². The summed E-state index contributed by atoms with van der Waals surface area (Å²) in [6, 6.07) is 9.50. The summed E-state index contributed by atoms with van der Waals surface area (Å²) in [5.74, 6) is 0.356. The summed E-state index contributed by atoms with van der Waals surface area (Å²) in [6.45, 7) is 0. The predicted octanol–water partition coefficient (Wildman–Crippen LogP) is 2.08. The molecule has 0 amide bonds. The number of methoxy groups -OCH3 is 1. The lowest BCUT2D eigenvalue weighted by Gasteiger charge is -2.06. The number of para-hydroxylation sites is 1. The third kappa shape index (κ3) is 1.38. The van der Waals surface area contributed by atoms with E-state index in [0.29, 0.717) is 11.3 Å². The lowest BCUT2D eigenvalue weighted by Crippen LogP contribution is -2.08. The van der Waals surface area contributed by atoms with Gasteiger partial charge in [-0.25, -0.2) is 4.98 Å². The van der Waals surface area contributed by atoms with Gasteiger partial charge in [0.25, 0.3) is 5.56 Å². The molecular weight excluding hydrogens is 216 g/mol. The minimum atomic E-state index is -0.177. The number of aromatic nitrogens is 2. The van der Waals surface area contributed by atoms with E-state index >= 15 is 0 Å². The van der Waals surface area contributed by atoms with E-state index in [2.05, 4.69) is 9.97 Å². The standard InChI is InChI=1S/C13H10N2O2/c1-17-13-11-9(6-7-14-13)8-4-2-3-5-10(8)15-12(11)16/h2-7H,1H3,(H,15,16). The second-order valence-electron chi connectivity index (χ2n) is 3.74. The number of ether oxygens (including phenoxy) is 1. The van der Waals surface area contributed by atoms with Crippen LogP contribution < -0.4 is 10.3 Å². The molecule has 4 heteroatoms. The third-order valence-corrected chi connectivity index (χ3v) is 2.80. The largest absolute Gasteiger partial charge is 0.480 e. The minimum Gasteiger partial charge on any atom is -0.480 e. The fourth-order valence-electron chi connectivity index (χ4n) is 2.05. The zero-order valence-electron chi connectivity index (χ0n) is 9.23. The molecule has 1 N–H and O–H groups in total. The van der Waals surface area contributed by atoms with E-state index in [1.165, 1.54) is 7.11 Å². The maximum absolute atomic E-state index is 12.0. The summed E-state index contributed by atoms with van der Waals surface area (Å²) < 4.78 is 5.13. The molecule has 4 nitrogen and oxygen atoms in total. The van der Waals surface area contributed by atoms with Gasteiger partial charge in [-0.05, 0) is 12.1 Å². The van der Waals surface area contributed by atoms with Crippen LogP contribution in [0, 0.1) is 0 Å². The average molecular weight is 226 g/mol. The van der Waals surface area contributed by atoms with Crippen molar-refractivity contribution in [3.8, 4) is 5.88 Å². The van der Waals surface area contributed by atoms with Crippen molar-refractivity contribution in [3.63, 3.8) is 0 Å². The van der Waals surface area contributed by atoms with E-state index < -0.39 is 0 Å². The first-order valence-corrected chi connectivity index (χ1v) is 5.25. The average Bonchev–Trinajstić information content (AvgIpc) is 2.38. The maximum Gasteiger partial charge on any atom is 0.261 e. The van der Waals surface area contributed by atoms with Crippen LogP contribution >= 0.6 is 0 Å². The lowest BCUT2D eigenvalue weighted by atomic mass is 10.1. The van der Waals surface area contributed by atoms with Crippen LogP contribution in [0.4, 0.5) is 0 Å². The Kier molecular flexibility index (Phi) is 2.08. The fourth-order valence-corrected chi connectivity index (χ4v) is 2.05. The minimum absolute atomic E-state index is 0.177. The maximum atomic E-state index is 12.0. The number of aromatic amines is 1. The monoisotopic (exact) mass is 226 g/mol. The molecule has 2 heterocycles. The van der Waals surface area contributed by atoms with Crippen LogP contribution in [-0.2, 0) is 0 Å². The molecule has 0 spiro atoms. The van der Waals surface area contributed by atoms with Gasteiger partial charge >= 0.3 is 0 Å². The number of fused-ring (bicyclic) bond motifs is 3. The first-order valence-electron chi connectivity index (χ1n) is 5.25. The van der Waals surface area contributed by atoms with E-state index in [1.807, 2.05) is 30.3 Å². The van der Waals surface area contributed by atoms with E-state index in [-0.39, 0.29) is 5.56 Å². The number of rotatable bonds is 1. The van der Waals surface area contributed by atoms with Gasteiger partial charge in [0.2, 0.25) is 5.88 Å². The zero-order valence-corrected chi connectivity index (χ0v) is 9.23. The number of hydrogen-bond acceptors (Lipinski definition) is 3. The van der Waals surface area contributed by atoms with Crippen molar-refractivity contribution in [1.29, 1.82) is 0 Å². The van der Waals surface area contributed by atoms with Crippen molar-refractivity contribution in [2.24, 2.45) is 0 Å². The van der Waals surface area contributed by atoms with Crippen molar-refractivity contribution in [1.82, 2.24) is 9.97 Å². The third-order valence-electron chi connectivity index (χ3n) is 2.80. The highest BCUT2D eigenvalue weighted by Gasteiger charge is 2.09. The van der Waals surface area contributed by atoms with Crippen LogP contribution in [0.25, 0.3) is 21.7 Å². The summed E-state index contributed by atoms with van der Waals surface area (Å²) in [7, 11) is 1.51. The molecule has 2 aromatic heterocycles. The molecular formula is C13H10N2O2. The summed E-state index contributed by atoms with van der Waals surface area (Å²) >= 11 is 0. The van der Waals surface area contributed by atoms with E-state index in [9.17, 15) is 4.79 Å². The SMILES string of the molecule is COc1nccc2c1c(=O)[nH]c1ccccc12. The first-order chi connectivity index (χ1) is 8.31. The molecule has 3 aromatic rings. The molecule has 0 saturated heterocycles. The van der Waals surface area contributed by atoms with Crippen LogP contribution in [0.5, 0.6) is 5.88 Å². The molecule has 0 bridgehead atoms. The van der Waals surface area contributed by atoms with Gasteiger partial charge in [-0.1, -0.05) is 18.2 Å². The summed E-state index contributed by atoms with van der Waals surface area (Å²) in [5, 5.41) is 2.34. The number of nitrogens with zero attached hydrogens (tertiary/aromatic N) is 1. The highest BCUT2D eigenvalue weighted by atomic mass is 16.5. The molecule has 1 aromatic carbocycles. The lowest BCUT2D eigenvalue weighted by molar-refractivity contribution is 0.403. The summed E-state index contributed by atoms with van der Waals surface area (Å²) in [5.41, 5.74) is 0.641. The van der Waals surface area contributed by atoms with Gasteiger partial charge in [-0.15, -0.1) is 0 Å². The smallest absolute Gasteiger partial charge is 0.261 e. The Labute approximate surface area is 96.9 Å². The van der Waals surface area contributed by atoms with Crippen molar-refractivity contribution in [3.05, 3.63) is 46.9 Å². The second-order valence-corrected chi connectivity index (χ2v) is 3.74. The van der Waals surface area contributed by atoms with Gasteiger partial charge < -0.3 is 9.72 Å². The molecule has 17 heavy (non-hydrogen) atoms. The highest BCUT2D eigenvalue weighted by molar-refractivity contribution is 6.06. The number of H-pyrrole nitrogens is 1. The fraction of sp³-hybridized carbons (Fsp3) is 0.0769. The van der Waals surface area contributed by atoms with Crippen LogP contribution in [0.15, 0.2) is 41.3 Å². The molecule has 3 rings (SSSR count). The van der Waals surface area contributed by atoms with Gasteiger partial charge in [-0.3, -0.25) is 4.79 Å². The molecule has 0 atom stereocenters. The molecule has 0 aliphatic carbocycles. The summed E-state index contributed by atoms with van der Waals surface area (Å²) in [4.78, 5) is 18.9. The van der Waals surface area contributed by atoms with Gasteiger partial charge in [0.1, 0.15) is 5.39 Å². The van der Waals surface area contributed by atoms with E-state index in [1.54, 1.807) is 6.20 Å². The Bertz CT molecular complexity index is 762. The Hall–Kier alpha value is -2.36. The molecule has 0 radical (unpaired) electrons. The normalized spacial score (nSPS) is 10.9. The van der Waals surface area contributed by atoms with Crippen LogP contribution in [0.2, 0.25) is 0 Å². The van der Waals surface area contributed by atoms with E-state index in [4.69, 9.17) is 4.74 Å².